The Balaban J connectivity index is 2.10. The molecule has 1 aliphatic heterocycles. The first-order chi connectivity index (χ1) is 8.29. The van der Waals surface area contributed by atoms with E-state index in [1.54, 1.807) is 4.57 Å². The van der Waals surface area contributed by atoms with Crippen LogP contribution in [0.3, 0.4) is 0 Å². The highest BCUT2D eigenvalue weighted by molar-refractivity contribution is 5.34. The molecule has 17 heavy (non-hydrogen) atoms. The molecule has 0 bridgehead atoms. The molecular formula is C11H16N4O2. The van der Waals surface area contributed by atoms with Gasteiger partial charge in [0, 0.05) is 13.0 Å². The van der Waals surface area contributed by atoms with Crippen LogP contribution in [0.2, 0.25) is 0 Å². The summed E-state index contributed by atoms with van der Waals surface area (Å²) < 4.78 is 7.20. The Morgan fingerprint density at radius 2 is 2.35 bits per heavy atom. The largest absolute Gasteiger partial charge is 0.375 e. The molecule has 1 fully saturated rings. The second-order valence-electron chi connectivity index (χ2n) is 4.66. The fourth-order valence-electron chi connectivity index (χ4n) is 2.20. The Morgan fingerprint density at radius 1 is 1.53 bits per heavy atom. The van der Waals surface area contributed by atoms with Crippen LogP contribution >= 0.6 is 0 Å². The number of hydrogen-bond donors (Lipinski definition) is 2. The molecule has 0 amide bonds. The lowest BCUT2D eigenvalue weighted by atomic mass is 10.2. The highest BCUT2D eigenvalue weighted by atomic mass is 16.5. The minimum Gasteiger partial charge on any atom is -0.375 e. The van der Waals surface area contributed by atoms with E-state index in [1.165, 1.54) is 12.8 Å². The van der Waals surface area contributed by atoms with Crippen molar-refractivity contribution in [3.05, 3.63) is 21.7 Å². The van der Waals surface area contributed by atoms with Crippen molar-refractivity contribution >= 4 is 5.82 Å². The summed E-state index contributed by atoms with van der Waals surface area (Å²) in [6.07, 6.45) is 3.15. The van der Waals surface area contributed by atoms with Gasteiger partial charge in [0.1, 0.15) is 0 Å². The topological polar surface area (TPSA) is 82.2 Å². The summed E-state index contributed by atoms with van der Waals surface area (Å²) in [7, 11) is 0. The van der Waals surface area contributed by atoms with Crippen LogP contribution in [0.5, 0.6) is 0 Å². The number of nitrogen functional groups attached to an aromatic ring is 1. The quantitative estimate of drug-likeness (QED) is 0.570. The maximum absolute atomic E-state index is 12.1. The molecule has 6 nitrogen and oxygen atoms in total. The fraction of sp³-hybridized carbons (Fsp3) is 0.636. The van der Waals surface area contributed by atoms with Crippen molar-refractivity contribution < 1.29 is 4.74 Å². The van der Waals surface area contributed by atoms with Crippen LogP contribution in [0.15, 0.2) is 4.79 Å². The lowest BCUT2D eigenvalue weighted by molar-refractivity contribution is 0.101. The van der Waals surface area contributed by atoms with Gasteiger partial charge >= 0.3 is 0 Å². The third kappa shape index (κ3) is 1.94. The zero-order chi connectivity index (χ0) is 11.8. The second kappa shape index (κ2) is 4.12. The summed E-state index contributed by atoms with van der Waals surface area (Å²) in [6, 6.07) is 0. The van der Waals surface area contributed by atoms with Crippen LogP contribution in [0.4, 0.5) is 5.82 Å². The highest BCUT2D eigenvalue weighted by Crippen LogP contribution is 2.31. The average Bonchev–Trinajstić information content (AvgIpc) is 3.16. The molecule has 0 atom stereocenters. The number of nitrogens with zero attached hydrogens (tertiary/aromatic N) is 2. The molecule has 0 saturated heterocycles. The number of aromatic nitrogens is 2. The number of nitrogens with two attached hydrogens (primary N) is 1. The van der Waals surface area contributed by atoms with Gasteiger partial charge in [0.2, 0.25) is 5.82 Å². The standard InChI is InChI=1S/C11H16N4O2/c12-14-10-11(16)15(5-7-1-2-7)9-6-17-4-3-8(9)13-10/h7H,1-6,12H2,(H,13,14). The van der Waals surface area contributed by atoms with E-state index < -0.39 is 0 Å². The molecule has 1 aliphatic carbocycles. The van der Waals surface area contributed by atoms with Gasteiger partial charge in [-0.1, -0.05) is 0 Å². The SMILES string of the molecule is NNc1nc2c(n(CC3CC3)c1=O)COCC2. The van der Waals surface area contributed by atoms with E-state index in [4.69, 9.17) is 10.6 Å². The molecule has 92 valence electrons. The minimum absolute atomic E-state index is 0.136. The lowest BCUT2D eigenvalue weighted by Gasteiger charge is -2.21. The van der Waals surface area contributed by atoms with E-state index in [0.717, 1.165) is 24.4 Å². The summed E-state index contributed by atoms with van der Waals surface area (Å²) in [5, 5.41) is 0. The van der Waals surface area contributed by atoms with Crippen LogP contribution in [0.25, 0.3) is 0 Å². The Kier molecular flexibility index (Phi) is 2.60. The number of anilines is 1. The van der Waals surface area contributed by atoms with E-state index in [1.807, 2.05) is 0 Å². The number of rotatable bonds is 3. The van der Waals surface area contributed by atoms with Crippen LogP contribution in [-0.2, 0) is 24.3 Å². The molecule has 0 unspecified atom stereocenters. The zero-order valence-corrected chi connectivity index (χ0v) is 9.61. The summed E-state index contributed by atoms with van der Waals surface area (Å²) in [5.74, 6) is 6.22. The van der Waals surface area contributed by atoms with Crippen molar-refractivity contribution in [2.24, 2.45) is 11.8 Å². The molecule has 6 heteroatoms. The minimum atomic E-state index is -0.136. The van der Waals surface area contributed by atoms with E-state index in [-0.39, 0.29) is 11.4 Å². The number of hydrogen-bond acceptors (Lipinski definition) is 5. The van der Waals surface area contributed by atoms with Crippen LogP contribution in [0, 0.1) is 5.92 Å². The molecule has 3 N–H and O–H groups in total. The smallest absolute Gasteiger partial charge is 0.294 e. The van der Waals surface area contributed by atoms with Gasteiger partial charge in [-0.15, -0.1) is 0 Å². The first kappa shape index (κ1) is 10.7. The molecule has 3 rings (SSSR count). The molecular weight excluding hydrogens is 220 g/mol. The number of nitrogens with one attached hydrogen (secondary N) is 1. The maximum atomic E-state index is 12.1. The average molecular weight is 236 g/mol. The van der Waals surface area contributed by atoms with Crippen LogP contribution in [0.1, 0.15) is 24.2 Å². The predicted octanol–water partition coefficient (Wildman–Crippen LogP) is 0.0116. The van der Waals surface area contributed by atoms with E-state index in [9.17, 15) is 4.79 Å². The first-order valence-corrected chi connectivity index (χ1v) is 5.96. The van der Waals surface area contributed by atoms with Gasteiger partial charge in [-0.25, -0.2) is 10.8 Å². The zero-order valence-electron chi connectivity index (χ0n) is 9.61. The second-order valence-corrected chi connectivity index (χ2v) is 4.66. The van der Waals surface area contributed by atoms with Crippen molar-refractivity contribution in [3.8, 4) is 0 Å². The van der Waals surface area contributed by atoms with Gasteiger partial charge in [-0.2, -0.15) is 0 Å². The predicted molar refractivity (Wildman–Crippen MR) is 62.4 cm³/mol. The number of hydrazine groups is 1. The fourth-order valence-corrected chi connectivity index (χ4v) is 2.20. The van der Waals surface area contributed by atoms with E-state index in [2.05, 4.69) is 10.4 Å². The number of fused-ring (bicyclic) bond motifs is 1. The first-order valence-electron chi connectivity index (χ1n) is 5.96. The molecule has 1 aromatic rings. The molecule has 2 aliphatic rings. The molecule has 1 aromatic heterocycles. The molecule has 0 aromatic carbocycles. The van der Waals surface area contributed by atoms with Gasteiger partial charge in [0.25, 0.3) is 5.56 Å². The molecule has 0 radical (unpaired) electrons. The Morgan fingerprint density at radius 3 is 3.06 bits per heavy atom. The summed E-state index contributed by atoms with van der Waals surface area (Å²) in [6.45, 7) is 1.91. The highest BCUT2D eigenvalue weighted by Gasteiger charge is 2.26. The summed E-state index contributed by atoms with van der Waals surface area (Å²) >= 11 is 0. The van der Waals surface area contributed by atoms with Gasteiger partial charge in [0.05, 0.1) is 24.6 Å². The summed E-state index contributed by atoms with van der Waals surface area (Å²) in [4.78, 5) is 16.4. The van der Waals surface area contributed by atoms with Crippen LogP contribution in [-0.4, -0.2) is 16.2 Å². The normalized spacial score (nSPS) is 18.9. The van der Waals surface area contributed by atoms with Crippen LogP contribution < -0.4 is 16.8 Å². The maximum Gasteiger partial charge on any atom is 0.294 e. The lowest BCUT2D eigenvalue weighted by Crippen LogP contribution is -2.33. The van der Waals surface area contributed by atoms with Crippen molar-refractivity contribution in [1.29, 1.82) is 0 Å². The monoisotopic (exact) mass is 236 g/mol. The molecule has 0 spiro atoms. The van der Waals surface area contributed by atoms with Gasteiger partial charge in [-0.05, 0) is 18.8 Å². The summed E-state index contributed by atoms with van der Waals surface area (Å²) in [5.41, 5.74) is 4.12. The van der Waals surface area contributed by atoms with Crippen molar-refractivity contribution in [3.63, 3.8) is 0 Å². The molecule has 2 heterocycles. The van der Waals surface area contributed by atoms with Crippen molar-refractivity contribution in [2.45, 2.75) is 32.4 Å². The third-order valence-electron chi connectivity index (χ3n) is 3.35. The number of ether oxygens (including phenoxy) is 1. The van der Waals surface area contributed by atoms with Gasteiger partial charge in [-0.3, -0.25) is 4.79 Å². The van der Waals surface area contributed by atoms with Gasteiger partial charge in [0.15, 0.2) is 0 Å². The Bertz CT molecular complexity index is 493. The Labute approximate surface area is 98.8 Å². The van der Waals surface area contributed by atoms with E-state index in [0.29, 0.717) is 19.1 Å². The van der Waals surface area contributed by atoms with Gasteiger partial charge < -0.3 is 14.7 Å². The van der Waals surface area contributed by atoms with Crippen molar-refractivity contribution in [2.75, 3.05) is 12.0 Å². The third-order valence-corrected chi connectivity index (χ3v) is 3.35. The Hall–Kier alpha value is -1.40. The molecule has 1 saturated carbocycles. The van der Waals surface area contributed by atoms with E-state index >= 15 is 0 Å². The van der Waals surface area contributed by atoms with Crippen molar-refractivity contribution in [1.82, 2.24) is 9.55 Å².